The molecule has 1 amide bonds. The summed E-state index contributed by atoms with van der Waals surface area (Å²) in [7, 11) is 0. The van der Waals surface area contributed by atoms with Crippen molar-refractivity contribution in [2.75, 3.05) is 0 Å². The minimum Gasteiger partial charge on any atom is -0.406 e. The first-order valence-electron chi connectivity index (χ1n) is 7.99. The number of halogens is 3. The lowest BCUT2D eigenvalue weighted by Gasteiger charge is -2.11. The van der Waals surface area contributed by atoms with Crippen molar-refractivity contribution >= 4 is 5.91 Å². The maximum Gasteiger partial charge on any atom is 0.573 e. The van der Waals surface area contributed by atoms with Gasteiger partial charge in [0.2, 0.25) is 0 Å². The Bertz CT molecular complexity index is 1180. The Morgan fingerprint density at radius 2 is 1.90 bits per heavy atom. The van der Waals surface area contributed by atoms with Crippen molar-refractivity contribution in [3.63, 3.8) is 0 Å². The Hall–Kier alpha value is -4.52. The van der Waals surface area contributed by atoms with Gasteiger partial charge in [-0.2, -0.15) is 20.3 Å². The second-order valence-electron chi connectivity index (χ2n) is 5.55. The number of nitrogens with zero attached hydrogens (tertiary/aromatic N) is 7. The zero-order chi connectivity index (χ0) is 21.7. The van der Waals surface area contributed by atoms with E-state index in [2.05, 4.69) is 30.1 Å². The predicted octanol–water partition coefficient (Wildman–Crippen LogP) is 1.63. The lowest BCUT2D eigenvalue weighted by atomic mass is 10.1. The number of alkyl halides is 3. The number of ether oxygens (including phenoxy) is 1. The smallest absolute Gasteiger partial charge is 0.406 e. The lowest BCUT2D eigenvalue weighted by molar-refractivity contribution is -0.274. The van der Waals surface area contributed by atoms with E-state index in [1.807, 2.05) is 6.07 Å². The summed E-state index contributed by atoms with van der Waals surface area (Å²) in [5.74, 6) is -1.00. The van der Waals surface area contributed by atoms with Crippen molar-refractivity contribution in [3.8, 4) is 23.7 Å². The summed E-state index contributed by atoms with van der Waals surface area (Å²) < 4.78 is 42.4. The Kier molecular flexibility index (Phi) is 5.55. The highest BCUT2D eigenvalue weighted by Crippen LogP contribution is 2.25. The van der Waals surface area contributed by atoms with Crippen LogP contribution in [0.25, 0.3) is 5.82 Å². The van der Waals surface area contributed by atoms with Crippen LogP contribution in [0.15, 0.2) is 36.9 Å². The molecule has 3 rings (SSSR count). The molecule has 0 spiro atoms. The molecule has 0 radical (unpaired) electrons. The Morgan fingerprint density at radius 3 is 2.60 bits per heavy atom. The van der Waals surface area contributed by atoms with Gasteiger partial charge in [-0.15, -0.1) is 13.2 Å². The van der Waals surface area contributed by atoms with Gasteiger partial charge in [0.1, 0.15) is 30.2 Å². The highest BCUT2D eigenvalue weighted by Gasteiger charge is 2.31. The number of benzene rings is 1. The second-order valence-corrected chi connectivity index (χ2v) is 5.55. The lowest BCUT2D eigenvalue weighted by Crippen LogP contribution is -2.25. The fourth-order valence-electron chi connectivity index (χ4n) is 2.35. The SMILES string of the molecule is N#Cc1cc(OC(F)(F)F)cc(C(=O)NCc2ncnn2-c2cc(C#N)ncn2)c1. The fraction of sp³-hybridized carbons (Fsp3) is 0.118. The zero-order valence-corrected chi connectivity index (χ0v) is 14.8. The van der Waals surface area contributed by atoms with Crippen LogP contribution >= 0.6 is 0 Å². The number of aromatic nitrogens is 5. The second kappa shape index (κ2) is 8.24. The first-order chi connectivity index (χ1) is 14.3. The van der Waals surface area contributed by atoms with Gasteiger partial charge in [-0.05, 0) is 18.2 Å². The monoisotopic (exact) mass is 414 g/mol. The average Bonchev–Trinajstić information content (AvgIpc) is 3.19. The third-order valence-corrected chi connectivity index (χ3v) is 3.54. The normalized spacial score (nSPS) is 10.7. The molecule has 0 unspecified atom stereocenters. The molecule has 0 saturated heterocycles. The number of carbonyl (C=O) groups is 1. The van der Waals surface area contributed by atoms with Crippen LogP contribution in [0.3, 0.4) is 0 Å². The van der Waals surface area contributed by atoms with Crippen molar-refractivity contribution < 1.29 is 22.7 Å². The van der Waals surface area contributed by atoms with Crippen LogP contribution in [0.4, 0.5) is 13.2 Å². The van der Waals surface area contributed by atoms with Gasteiger partial charge < -0.3 is 10.1 Å². The molecule has 30 heavy (non-hydrogen) atoms. The first-order valence-corrected chi connectivity index (χ1v) is 7.99. The molecule has 10 nitrogen and oxygen atoms in total. The number of rotatable bonds is 5. The molecule has 1 aromatic carbocycles. The van der Waals surface area contributed by atoms with Gasteiger partial charge in [-0.1, -0.05) is 0 Å². The van der Waals surface area contributed by atoms with E-state index in [4.69, 9.17) is 10.5 Å². The Morgan fingerprint density at radius 1 is 1.10 bits per heavy atom. The van der Waals surface area contributed by atoms with Gasteiger partial charge in [-0.25, -0.2) is 15.0 Å². The number of nitriles is 2. The van der Waals surface area contributed by atoms with Crippen molar-refractivity contribution in [2.45, 2.75) is 12.9 Å². The molecule has 150 valence electrons. The summed E-state index contributed by atoms with van der Waals surface area (Å²) in [6, 6.07) is 7.72. The van der Waals surface area contributed by atoms with E-state index >= 15 is 0 Å². The molecule has 0 bridgehead atoms. The Labute approximate surface area is 166 Å². The molecule has 3 aromatic rings. The largest absolute Gasteiger partial charge is 0.573 e. The summed E-state index contributed by atoms with van der Waals surface area (Å²) >= 11 is 0. The molecular formula is C17H9F3N8O2. The third-order valence-electron chi connectivity index (χ3n) is 3.54. The van der Waals surface area contributed by atoms with Gasteiger partial charge in [0.05, 0.1) is 18.2 Å². The molecule has 0 fully saturated rings. The summed E-state index contributed by atoms with van der Waals surface area (Å²) in [4.78, 5) is 24.1. The van der Waals surface area contributed by atoms with E-state index in [9.17, 15) is 18.0 Å². The van der Waals surface area contributed by atoms with Crippen molar-refractivity contribution in [1.82, 2.24) is 30.0 Å². The van der Waals surface area contributed by atoms with Gasteiger partial charge in [0.25, 0.3) is 5.91 Å². The number of amides is 1. The molecule has 1 N–H and O–H groups in total. The number of carbonyl (C=O) groups excluding carboxylic acids is 1. The van der Waals surface area contributed by atoms with E-state index in [-0.39, 0.29) is 35.0 Å². The molecule has 0 aliphatic rings. The zero-order valence-electron chi connectivity index (χ0n) is 14.8. The van der Waals surface area contributed by atoms with Crippen molar-refractivity contribution in [2.24, 2.45) is 0 Å². The molecule has 2 aromatic heterocycles. The molecular weight excluding hydrogens is 405 g/mol. The average molecular weight is 414 g/mol. The van der Waals surface area contributed by atoms with Crippen LogP contribution in [-0.2, 0) is 6.54 Å². The maximum absolute atomic E-state index is 12.4. The standard InChI is InChI=1S/C17H9F3N8O2/c18-17(19,20)30-13-2-10(5-21)1-11(3-13)16(29)23-7-15-26-9-27-28(15)14-4-12(6-22)24-8-25-14/h1-4,8-9H,7H2,(H,23,29). The van der Waals surface area contributed by atoms with Gasteiger partial charge in [0.15, 0.2) is 11.6 Å². The van der Waals surface area contributed by atoms with Crippen LogP contribution < -0.4 is 10.1 Å². The number of hydrogen-bond acceptors (Lipinski definition) is 8. The first kappa shape index (κ1) is 20.2. The highest BCUT2D eigenvalue weighted by atomic mass is 19.4. The molecule has 0 aliphatic heterocycles. The molecule has 13 heteroatoms. The minimum atomic E-state index is -4.97. The third kappa shape index (κ3) is 4.85. The number of hydrogen-bond donors (Lipinski definition) is 1. The summed E-state index contributed by atoms with van der Waals surface area (Å²) in [5.41, 5.74) is -0.306. The molecule has 0 atom stereocenters. The van der Waals surface area contributed by atoms with Crippen molar-refractivity contribution in [1.29, 1.82) is 10.5 Å². The van der Waals surface area contributed by atoms with Gasteiger partial charge in [-0.3, -0.25) is 4.79 Å². The highest BCUT2D eigenvalue weighted by molar-refractivity contribution is 5.94. The summed E-state index contributed by atoms with van der Waals surface area (Å²) in [5, 5.41) is 24.3. The summed E-state index contributed by atoms with van der Waals surface area (Å²) in [6.07, 6.45) is -2.62. The van der Waals surface area contributed by atoms with Crippen LogP contribution in [0.2, 0.25) is 0 Å². The topological polar surface area (TPSA) is 142 Å². The van der Waals surface area contributed by atoms with E-state index in [1.54, 1.807) is 6.07 Å². The molecule has 0 saturated carbocycles. The van der Waals surface area contributed by atoms with Crippen LogP contribution in [0.1, 0.15) is 27.4 Å². The summed E-state index contributed by atoms with van der Waals surface area (Å²) in [6.45, 7) is -0.170. The minimum absolute atomic E-state index is 0.0935. The van der Waals surface area contributed by atoms with Crippen LogP contribution in [0, 0.1) is 22.7 Å². The van der Waals surface area contributed by atoms with Gasteiger partial charge >= 0.3 is 6.36 Å². The number of nitrogens with one attached hydrogen (secondary N) is 1. The van der Waals surface area contributed by atoms with E-state index < -0.39 is 18.0 Å². The van der Waals surface area contributed by atoms with E-state index in [0.717, 1.165) is 24.5 Å². The maximum atomic E-state index is 12.4. The molecule has 2 heterocycles. The van der Waals surface area contributed by atoms with Crippen molar-refractivity contribution in [3.05, 3.63) is 59.6 Å². The quantitative estimate of drug-likeness (QED) is 0.664. The van der Waals surface area contributed by atoms with Gasteiger partial charge in [0, 0.05) is 11.6 Å². The van der Waals surface area contributed by atoms with Crippen LogP contribution in [-0.4, -0.2) is 37.0 Å². The van der Waals surface area contributed by atoms with E-state index in [0.29, 0.717) is 0 Å². The van der Waals surface area contributed by atoms with Crippen LogP contribution in [0.5, 0.6) is 5.75 Å². The molecule has 0 aliphatic carbocycles. The fourth-order valence-corrected chi connectivity index (χ4v) is 2.35. The van der Waals surface area contributed by atoms with E-state index in [1.165, 1.54) is 17.1 Å². The predicted molar refractivity (Wildman–Crippen MR) is 90.7 cm³/mol. The Balaban J connectivity index is 1.79.